The first-order chi connectivity index (χ1) is 8.31. The van der Waals surface area contributed by atoms with Crippen LogP contribution in [0.3, 0.4) is 0 Å². The lowest BCUT2D eigenvalue weighted by molar-refractivity contribution is -0.148. The monoisotopic (exact) mass is 265 g/mol. The molecule has 0 atom stereocenters. The summed E-state index contributed by atoms with van der Waals surface area (Å²) in [6.07, 6.45) is 0.854. The molecule has 0 spiro atoms. The highest BCUT2D eigenvalue weighted by Gasteiger charge is 1.99. The summed E-state index contributed by atoms with van der Waals surface area (Å²) in [6, 6.07) is 0. The van der Waals surface area contributed by atoms with E-state index >= 15 is 0 Å². The van der Waals surface area contributed by atoms with Crippen molar-refractivity contribution in [2.45, 2.75) is 13.3 Å². The van der Waals surface area contributed by atoms with Gasteiger partial charge in [-0.1, -0.05) is 0 Å². The topological polar surface area (TPSA) is 67.8 Å². The third-order valence-electron chi connectivity index (χ3n) is 1.82. The van der Waals surface area contributed by atoms with Gasteiger partial charge in [-0.15, -0.1) is 0 Å². The Morgan fingerprint density at radius 3 is 2.88 bits per heavy atom. The van der Waals surface area contributed by atoms with E-state index in [4.69, 9.17) is 14.6 Å². The van der Waals surface area contributed by atoms with Gasteiger partial charge in [0.25, 0.3) is 0 Å². The molecule has 0 amide bonds. The summed E-state index contributed by atoms with van der Waals surface area (Å²) in [5, 5.41) is 11.8. The van der Waals surface area contributed by atoms with Crippen LogP contribution in [0.1, 0.15) is 13.3 Å². The number of hydrogen-bond acceptors (Lipinski definition) is 6. The molecule has 0 radical (unpaired) electrons. The summed E-state index contributed by atoms with van der Waals surface area (Å²) in [5.74, 6) is 1.71. The van der Waals surface area contributed by atoms with Gasteiger partial charge in [0.05, 0.1) is 13.2 Å². The van der Waals surface area contributed by atoms with Crippen LogP contribution in [0.25, 0.3) is 0 Å². The fourth-order valence-corrected chi connectivity index (χ4v) is 1.87. The quantitative estimate of drug-likeness (QED) is 0.390. The lowest BCUT2D eigenvalue weighted by atomic mass is 10.5. The molecule has 0 aliphatic carbocycles. The van der Waals surface area contributed by atoms with Gasteiger partial charge in [0.2, 0.25) is 0 Å². The van der Waals surface area contributed by atoms with Crippen molar-refractivity contribution in [1.82, 2.24) is 5.32 Å². The number of nitrogens with one attached hydrogen (secondary N) is 1. The smallest absolute Gasteiger partial charge is 0.332 e. The van der Waals surface area contributed by atoms with Crippen molar-refractivity contribution in [1.29, 1.82) is 0 Å². The van der Waals surface area contributed by atoms with Crippen LogP contribution >= 0.6 is 11.8 Å². The molecule has 17 heavy (non-hydrogen) atoms. The van der Waals surface area contributed by atoms with Gasteiger partial charge in [0.15, 0.2) is 0 Å². The zero-order valence-electron chi connectivity index (χ0n) is 10.4. The zero-order valence-corrected chi connectivity index (χ0v) is 11.3. The first kappa shape index (κ1) is 16.7. The van der Waals surface area contributed by atoms with Gasteiger partial charge in [-0.2, -0.15) is 11.8 Å². The van der Waals surface area contributed by atoms with E-state index in [2.05, 4.69) is 5.32 Å². The number of rotatable bonds is 12. The van der Waals surface area contributed by atoms with Crippen LogP contribution in [-0.4, -0.2) is 62.1 Å². The summed E-state index contributed by atoms with van der Waals surface area (Å²) in [6.45, 7) is 4.63. The minimum absolute atomic E-state index is 0.0285. The van der Waals surface area contributed by atoms with Crippen molar-refractivity contribution < 1.29 is 19.4 Å². The normalized spacial score (nSPS) is 10.5. The molecule has 0 aromatic rings. The third-order valence-corrected chi connectivity index (χ3v) is 2.89. The summed E-state index contributed by atoms with van der Waals surface area (Å²) >= 11 is 1.82. The second-order valence-corrected chi connectivity index (χ2v) is 4.52. The molecule has 0 rings (SSSR count). The highest BCUT2D eigenvalue weighted by molar-refractivity contribution is 7.99. The highest BCUT2D eigenvalue weighted by Crippen LogP contribution is 1.99. The Labute approximate surface area is 107 Å². The Kier molecular flexibility index (Phi) is 13.5. The second-order valence-electron chi connectivity index (χ2n) is 3.30. The van der Waals surface area contributed by atoms with Gasteiger partial charge >= 0.3 is 5.97 Å². The van der Waals surface area contributed by atoms with Crippen LogP contribution < -0.4 is 5.32 Å². The van der Waals surface area contributed by atoms with E-state index in [1.165, 1.54) is 0 Å². The largest absolute Gasteiger partial charge is 0.464 e. The van der Waals surface area contributed by atoms with Gasteiger partial charge in [0.1, 0.15) is 6.61 Å². The molecular formula is C11H23NO4S. The van der Waals surface area contributed by atoms with E-state index in [-0.39, 0.29) is 19.2 Å². The average Bonchev–Trinajstić information content (AvgIpc) is 2.32. The summed E-state index contributed by atoms with van der Waals surface area (Å²) in [5.41, 5.74) is 0. The number of carbonyl (C=O) groups excluding carboxylic acids is 1. The molecule has 5 nitrogen and oxygen atoms in total. The van der Waals surface area contributed by atoms with Gasteiger partial charge in [-0.05, 0) is 19.1 Å². The number of aliphatic hydroxyl groups is 1. The SMILES string of the molecule is CCOC(=O)COCCNCCSCCCO. The van der Waals surface area contributed by atoms with Crippen molar-refractivity contribution in [3.63, 3.8) is 0 Å². The van der Waals surface area contributed by atoms with E-state index < -0.39 is 0 Å². The predicted octanol–water partition coefficient (Wildman–Crippen LogP) is 0.271. The standard InChI is InChI=1S/C11H23NO4S/c1-2-16-11(14)10-15-7-4-12-5-9-17-8-3-6-13/h12-13H,2-10H2,1H3. The maximum Gasteiger partial charge on any atom is 0.332 e. The fourth-order valence-electron chi connectivity index (χ4n) is 1.04. The molecule has 2 N–H and O–H groups in total. The number of aliphatic hydroxyl groups excluding tert-OH is 1. The zero-order chi connectivity index (χ0) is 12.8. The molecule has 0 bridgehead atoms. The molecule has 6 heteroatoms. The second kappa shape index (κ2) is 13.8. The molecule has 0 unspecified atom stereocenters. The summed E-state index contributed by atoms with van der Waals surface area (Å²) in [4.78, 5) is 10.9. The number of hydrogen-bond donors (Lipinski definition) is 2. The van der Waals surface area contributed by atoms with Gasteiger partial charge < -0.3 is 19.9 Å². The van der Waals surface area contributed by atoms with E-state index in [0.717, 1.165) is 31.0 Å². The van der Waals surface area contributed by atoms with Gasteiger partial charge in [-0.3, -0.25) is 0 Å². The first-order valence-electron chi connectivity index (χ1n) is 5.94. The first-order valence-corrected chi connectivity index (χ1v) is 7.09. The molecule has 0 aromatic heterocycles. The molecule has 0 heterocycles. The third kappa shape index (κ3) is 13.6. The van der Waals surface area contributed by atoms with Crippen molar-refractivity contribution >= 4 is 17.7 Å². The van der Waals surface area contributed by atoms with E-state index in [9.17, 15) is 4.79 Å². The maximum absolute atomic E-state index is 10.9. The van der Waals surface area contributed by atoms with Crippen LogP contribution in [0.15, 0.2) is 0 Å². The Balaban J connectivity index is 3.01. The molecular weight excluding hydrogens is 242 g/mol. The van der Waals surface area contributed by atoms with Gasteiger partial charge in [-0.25, -0.2) is 4.79 Å². The van der Waals surface area contributed by atoms with E-state index in [1.807, 2.05) is 11.8 Å². The number of carbonyl (C=O) groups is 1. The van der Waals surface area contributed by atoms with E-state index in [1.54, 1.807) is 6.92 Å². The molecule has 0 saturated heterocycles. The Hall–Kier alpha value is -0.300. The molecule has 0 aromatic carbocycles. The number of esters is 1. The van der Waals surface area contributed by atoms with Crippen molar-refractivity contribution in [2.75, 3.05) is 51.0 Å². The number of thioether (sulfide) groups is 1. The lowest BCUT2D eigenvalue weighted by Crippen LogP contribution is -2.24. The maximum atomic E-state index is 10.9. The van der Waals surface area contributed by atoms with Crippen LogP contribution in [0.5, 0.6) is 0 Å². The fraction of sp³-hybridized carbons (Fsp3) is 0.909. The van der Waals surface area contributed by atoms with Crippen molar-refractivity contribution in [3.8, 4) is 0 Å². The minimum atomic E-state index is -0.313. The van der Waals surface area contributed by atoms with Crippen LogP contribution in [0, 0.1) is 0 Å². The van der Waals surface area contributed by atoms with Crippen LogP contribution in [0.4, 0.5) is 0 Å². The number of ether oxygens (including phenoxy) is 2. The Morgan fingerprint density at radius 2 is 2.18 bits per heavy atom. The Bertz CT molecular complexity index is 181. The minimum Gasteiger partial charge on any atom is -0.464 e. The molecule has 0 aliphatic rings. The van der Waals surface area contributed by atoms with Crippen LogP contribution in [-0.2, 0) is 14.3 Å². The summed E-state index contributed by atoms with van der Waals surface area (Å²) < 4.78 is 9.83. The average molecular weight is 265 g/mol. The molecule has 0 fully saturated rings. The van der Waals surface area contributed by atoms with Gasteiger partial charge in [0, 0.05) is 25.4 Å². The summed E-state index contributed by atoms with van der Waals surface area (Å²) in [7, 11) is 0. The highest BCUT2D eigenvalue weighted by atomic mass is 32.2. The van der Waals surface area contributed by atoms with Crippen molar-refractivity contribution in [3.05, 3.63) is 0 Å². The van der Waals surface area contributed by atoms with Crippen molar-refractivity contribution in [2.24, 2.45) is 0 Å². The van der Waals surface area contributed by atoms with Crippen LogP contribution in [0.2, 0.25) is 0 Å². The molecule has 0 saturated carbocycles. The Morgan fingerprint density at radius 1 is 1.35 bits per heavy atom. The predicted molar refractivity (Wildman–Crippen MR) is 69.3 cm³/mol. The van der Waals surface area contributed by atoms with E-state index in [0.29, 0.717) is 13.2 Å². The molecule has 0 aliphatic heterocycles. The lowest BCUT2D eigenvalue weighted by Gasteiger charge is -2.05. The molecule has 102 valence electrons.